The summed E-state index contributed by atoms with van der Waals surface area (Å²) in [5.74, 6) is 0.676. The molecule has 0 aliphatic rings. The maximum absolute atomic E-state index is 10.7. The minimum atomic E-state index is -10.7. The number of aliphatic hydroxyl groups is 2. The van der Waals surface area contributed by atoms with Gasteiger partial charge in [0.2, 0.25) is 3.57 Å². The van der Waals surface area contributed by atoms with E-state index in [1.807, 2.05) is 12.1 Å². The Morgan fingerprint density at radius 2 is 1.34 bits per heavy atom. The number of halogens is 7. The summed E-state index contributed by atoms with van der Waals surface area (Å²) in [4.78, 5) is 0. The van der Waals surface area contributed by atoms with Crippen molar-refractivity contribution < 1.29 is 66.1 Å². The van der Waals surface area contributed by atoms with Crippen molar-refractivity contribution in [3.8, 4) is 5.75 Å². The molecule has 2 aromatic carbocycles. The van der Waals surface area contributed by atoms with Crippen molar-refractivity contribution in [3.05, 3.63) is 60.2 Å². The van der Waals surface area contributed by atoms with Gasteiger partial charge in [0.25, 0.3) is 0 Å². The van der Waals surface area contributed by atoms with Gasteiger partial charge in [-0.2, -0.15) is 0 Å². The van der Waals surface area contributed by atoms with Crippen molar-refractivity contribution in [2.45, 2.75) is 52.2 Å². The number of benzene rings is 2. The molecule has 0 aromatic heterocycles. The van der Waals surface area contributed by atoms with Crippen LogP contribution in [0.15, 0.2) is 36.4 Å². The quantitative estimate of drug-likeness (QED) is 0.148. The van der Waals surface area contributed by atoms with Gasteiger partial charge in [-0.15, -0.1) is 0 Å². The first-order valence-corrected chi connectivity index (χ1v) is 15.1. The first-order valence-electron chi connectivity index (χ1n) is 11.0. The van der Waals surface area contributed by atoms with Crippen LogP contribution in [0, 0.1) is 7.14 Å². The Balaban J connectivity index is 0.000000762. The van der Waals surface area contributed by atoms with E-state index >= 15 is 0 Å². The van der Waals surface area contributed by atoms with Gasteiger partial charge in [-0.25, -0.2) is 0 Å². The molecule has 35 heavy (non-hydrogen) atoms. The van der Waals surface area contributed by atoms with Crippen molar-refractivity contribution in [2.75, 3.05) is 20.3 Å². The second-order valence-electron chi connectivity index (χ2n) is 7.68. The molecule has 12 heteroatoms. The molecule has 2 N–H and O–H groups in total. The summed E-state index contributed by atoms with van der Waals surface area (Å²) in [6, 6.07) is 12.5. The summed E-state index contributed by atoms with van der Waals surface area (Å²) in [7, 11) is -9.06. The van der Waals surface area contributed by atoms with Crippen molar-refractivity contribution in [1.29, 1.82) is 0 Å². The summed E-state index contributed by atoms with van der Waals surface area (Å²) in [5.41, 5.74) is 3.05. The van der Waals surface area contributed by atoms with E-state index in [1.165, 1.54) is 15.6 Å². The summed E-state index contributed by atoms with van der Waals surface area (Å²) in [5, 5.41) is 19.5. The van der Waals surface area contributed by atoms with Gasteiger partial charge in [-0.05, 0) is 55.5 Å². The number of rotatable bonds is 13. The summed E-state index contributed by atoms with van der Waals surface area (Å²) in [6.07, 6.45) is 5.65. The zero-order valence-electron chi connectivity index (χ0n) is 19.6. The summed E-state index contributed by atoms with van der Waals surface area (Å²) >= 11 is -0.480. The van der Waals surface area contributed by atoms with E-state index in [2.05, 4.69) is 31.2 Å². The molecule has 0 amide bonds. The summed E-state index contributed by atoms with van der Waals surface area (Å²) < 4.78 is 72.4. The average Bonchev–Trinajstić information content (AvgIpc) is 2.77. The monoisotopic (exact) mass is 644 g/mol. The Morgan fingerprint density at radius 1 is 0.829 bits per heavy atom. The van der Waals surface area contributed by atoms with Crippen molar-refractivity contribution in [1.82, 2.24) is 0 Å². The Labute approximate surface area is 212 Å². The van der Waals surface area contributed by atoms with E-state index in [-0.39, 0.29) is 13.2 Å². The number of hydrogen-bond donors (Lipinski definition) is 2. The average molecular weight is 644 g/mol. The van der Waals surface area contributed by atoms with Gasteiger partial charge >= 0.3 is 54.2 Å². The third-order valence-corrected chi connectivity index (χ3v) is 7.80. The molecule has 0 bridgehead atoms. The van der Waals surface area contributed by atoms with Gasteiger partial charge < -0.3 is 19.7 Å². The number of aryl methyl sites for hydroxylation is 1. The molecule has 0 aliphatic carbocycles. The standard InChI is InChI=1S/C23H32IO4.F6P/c1-3-4-12-28-13-6-5-7-18-8-10-21(11-9-18)24-23-19(16-25)14-22(27-2)15-20(23)17-26;1-7(2,3,4,5)6/h8-11,14-15,25-26H,3-7,12-13,16-17H2,1-2H3;/q+1;-1. The Bertz CT molecular complexity index is 873. The molecule has 0 atom stereocenters. The van der Waals surface area contributed by atoms with Crippen molar-refractivity contribution in [2.24, 2.45) is 0 Å². The van der Waals surface area contributed by atoms with Crippen LogP contribution in [0.1, 0.15) is 49.3 Å². The van der Waals surface area contributed by atoms with Crippen LogP contribution in [0.2, 0.25) is 0 Å². The zero-order chi connectivity index (χ0) is 26.6. The second-order valence-corrected chi connectivity index (χ2v) is 12.5. The SMILES string of the molecule is CCCCOCCCCc1ccc([I+]c2c(CO)cc(OC)cc2CO)cc1.F[P-](F)(F)(F)(F)F. The number of hydrogen-bond acceptors (Lipinski definition) is 4. The van der Waals surface area contributed by atoms with Crippen LogP contribution in [-0.4, -0.2) is 30.5 Å². The Morgan fingerprint density at radius 3 is 1.80 bits per heavy atom. The van der Waals surface area contributed by atoms with Gasteiger partial charge in [0, 0.05) is 24.3 Å². The number of aliphatic hydroxyl groups excluding tert-OH is 2. The van der Waals surface area contributed by atoms with Gasteiger partial charge in [-0.3, -0.25) is 0 Å². The van der Waals surface area contributed by atoms with Crippen LogP contribution in [0.3, 0.4) is 0 Å². The molecule has 0 saturated heterocycles. The zero-order valence-corrected chi connectivity index (χ0v) is 22.7. The first kappa shape index (κ1) is 31.9. The van der Waals surface area contributed by atoms with Gasteiger partial charge in [0.1, 0.15) is 5.75 Å². The molecular weight excluding hydrogens is 612 g/mol. The molecule has 0 saturated carbocycles. The molecule has 2 aromatic rings. The second kappa shape index (κ2) is 13.4. The Kier molecular flexibility index (Phi) is 12.2. The number of unbranched alkanes of at least 4 members (excludes halogenated alkanes) is 2. The molecule has 0 heterocycles. The van der Waals surface area contributed by atoms with Crippen LogP contribution < -0.4 is 25.9 Å². The molecule has 0 spiro atoms. The molecule has 0 unspecified atom stereocenters. The van der Waals surface area contributed by atoms with Crippen LogP contribution >= 0.6 is 7.81 Å². The van der Waals surface area contributed by atoms with Gasteiger partial charge in [-0.1, -0.05) is 25.5 Å². The predicted octanol–water partition coefficient (Wildman–Crippen LogP) is 4.33. The van der Waals surface area contributed by atoms with Crippen molar-refractivity contribution >= 4 is 7.81 Å². The van der Waals surface area contributed by atoms with Crippen LogP contribution in [0.25, 0.3) is 0 Å². The van der Waals surface area contributed by atoms with E-state index in [9.17, 15) is 35.4 Å². The fourth-order valence-corrected chi connectivity index (χ4v) is 5.58. The third-order valence-electron chi connectivity index (χ3n) is 4.54. The van der Waals surface area contributed by atoms with Crippen LogP contribution in [-0.2, 0) is 24.4 Å². The maximum atomic E-state index is 9.87. The van der Waals surface area contributed by atoms with E-state index in [4.69, 9.17) is 9.47 Å². The molecular formula is C23H32F6IO4P. The number of methoxy groups -OCH3 is 1. The van der Waals surface area contributed by atoms with E-state index in [0.717, 1.165) is 53.6 Å². The van der Waals surface area contributed by atoms with Gasteiger partial charge in [0.15, 0.2) is 3.57 Å². The first-order chi connectivity index (χ1) is 16.2. The third kappa shape index (κ3) is 16.3. The van der Waals surface area contributed by atoms with E-state index in [1.54, 1.807) is 7.11 Å². The molecule has 202 valence electrons. The van der Waals surface area contributed by atoms with Crippen LogP contribution in [0.5, 0.6) is 5.75 Å². The molecule has 0 radical (unpaired) electrons. The molecule has 0 fully saturated rings. The van der Waals surface area contributed by atoms with Gasteiger partial charge in [0.05, 0.1) is 20.3 Å². The van der Waals surface area contributed by atoms with Crippen LogP contribution in [0.4, 0.5) is 25.2 Å². The summed E-state index contributed by atoms with van der Waals surface area (Å²) in [6.45, 7) is 3.83. The Hall–Kier alpha value is -1.14. The number of ether oxygens (including phenoxy) is 2. The molecule has 4 nitrogen and oxygen atoms in total. The minimum absolute atomic E-state index is 0.0440. The van der Waals surface area contributed by atoms with E-state index < -0.39 is 29.0 Å². The molecule has 2 rings (SSSR count). The van der Waals surface area contributed by atoms with Crippen molar-refractivity contribution in [3.63, 3.8) is 0 Å². The fraction of sp³-hybridized carbons (Fsp3) is 0.478. The van der Waals surface area contributed by atoms with E-state index in [0.29, 0.717) is 5.75 Å². The molecule has 0 aliphatic heterocycles. The topological polar surface area (TPSA) is 58.9 Å². The normalized spacial score (nSPS) is 13.4. The predicted molar refractivity (Wildman–Crippen MR) is 121 cm³/mol. The fourth-order valence-electron chi connectivity index (χ4n) is 2.89.